The molecule has 0 saturated carbocycles. The van der Waals surface area contributed by atoms with Crippen LogP contribution in [0.25, 0.3) is 0 Å². The van der Waals surface area contributed by atoms with Gasteiger partial charge in [0.25, 0.3) is 0 Å². The van der Waals surface area contributed by atoms with Crippen molar-refractivity contribution >= 4 is 27.7 Å². The van der Waals surface area contributed by atoms with Crippen molar-refractivity contribution in [1.82, 2.24) is 4.98 Å². The van der Waals surface area contributed by atoms with Gasteiger partial charge in [0.05, 0.1) is 0 Å². The summed E-state index contributed by atoms with van der Waals surface area (Å²) in [5.74, 6) is 5.37. The average molecular weight is 301 g/mol. The minimum absolute atomic E-state index is 0.385. The second kappa shape index (κ2) is 5.99. The van der Waals surface area contributed by atoms with E-state index in [1.165, 1.54) is 0 Å². The van der Waals surface area contributed by atoms with E-state index in [1.54, 1.807) is 18.3 Å². The fourth-order valence-corrected chi connectivity index (χ4v) is 1.61. The first-order valence-corrected chi connectivity index (χ1v) is 6.03. The van der Waals surface area contributed by atoms with Crippen LogP contribution in [0.1, 0.15) is 5.56 Å². The molecule has 0 saturated heterocycles. The first-order chi connectivity index (χ1) is 8.74. The Morgan fingerprint density at radius 3 is 2.72 bits per heavy atom. The highest BCUT2D eigenvalue weighted by atomic mass is 79.9. The van der Waals surface area contributed by atoms with Crippen LogP contribution in [0.4, 0.5) is 5.82 Å². The Morgan fingerprint density at radius 2 is 2.00 bits per heavy atom. The number of halogens is 1. The number of anilines is 1. The van der Waals surface area contributed by atoms with Crippen LogP contribution < -0.4 is 5.32 Å². The number of aromatic nitrogens is 1. The van der Waals surface area contributed by atoms with E-state index in [-0.39, 0.29) is 5.91 Å². The Kier molecular flexibility index (Phi) is 4.11. The molecule has 1 heterocycles. The number of hydrogen-bond donors (Lipinski definition) is 1. The molecule has 1 aromatic carbocycles. The van der Waals surface area contributed by atoms with Gasteiger partial charge in [-0.3, -0.25) is 10.1 Å². The maximum absolute atomic E-state index is 11.6. The fraction of sp³-hybridized carbons (Fsp3) is 0. The van der Waals surface area contributed by atoms with Crippen LogP contribution in [0, 0.1) is 11.8 Å². The van der Waals surface area contributed by atoms with E-state index < -0.39 is 0 Å². The maximum Gasteiger partial charge on any atom is 0.301 e. The van der Waals surface area contributed by atoms with Gasteiger partial charge in [0.2, 0.25) is 0 Å². The highest BCUT2D eigenvalue weighted by Crippen LogP contribution is 2.12. The molecule has 0 atom stereocenters. The third-order valence-corrected chi connectivity index (χ3v) is 2.55. The molecule has 0 unspecified atom stereocenters. The minimum atomic E-state index is -0.385. The lowest BCUT2D eigenvalue weighted by atomic mass is 10.2. The monoisotopic (exact) mass is 300 g/mol. The molecule has 0 spiro atoms. The summed E-state index contributed by atoms with van der Waals surface area (Å²) in [6.45, 7) is 0. The quantitative estimate of drug-likeness (QED) is 0.823. The van der Waals surface area contributed by atoms with E-state index in [9.17, 15) is 4.79 Å². The summed E-state index contributed by atoms with van der Waals surface area (Å²) in [4.78, 5) is 15.6. The third kappa shape index (κ3) is 3.72. The Bertz CT molecular complexity index is 614. The predicted octanol–water partition coefficient (Wildman–Crippen LogP) is 2.83. The predicted molar refractivity (Wildman–Crippen MR) is 73.9 cm³/mol. The summed E-state index contributed by atoms with van der Waals surface area (Å²) < 4.78 is 0.851. The molecule has 0 aliphatic heterocycles. The van der Waals surface area contributed by atoms with E-state index >= 15 is 0 Å². The Morgan fingerprint density at radius 1 is 1.22 bits per heavy atom. The van der Waals surface area contributed by atoms with Crippen molar-refractivity contribution in [2.24, 2.45) is 0 Å². The van der Waals surface area contributed by atoms with Crippen molar-refractivity contribution < 1.29 is 4.79 Å². The molecule has 0 fully saturated rings. The molecule has 3 nitrogen and oxygen atoms in total. The number of carbonyl (C=O) groups is 1. The Hall–Kier alpha value is -2.12. The molecule has 88 valence electrons. The van der Waals surface area contributed by atoms with Gasteiger partial charge in [-0.05, 0) is 24.3 Å². The summed E-state index contributed by atoms with van der Waals surface area (Å²) >= 11 is 3.30. The number of amides is 1. The summed E-state index contributed by atoms with van der Waals surface area (Å²) in [6.07, 6.45) is 1.60. The molecule has 1 amide bonds. The van der Waals surface area contributed by atoms with Crippen molar-refractivity contribution in [1.29, 1.82) is 0 Å². The standard InChI is InChI=1S/C14H9BrN2O/c15-12-8-9-16-13(10-12)17-14(18)7-6-11-4-2-1-3-5-11/h1-5,8-10H,(H,16,17,18). The zero-order chi connectivity index (χ0) is 12.8. The van der Waals surface area contributed by atoms with Crippen molar-refractivity contribution in [2.45, 2.75) is 0 Å². The molecule has 0 aliphatic rings. The van der Waals surface area contributed by atoms with E-state index in [1.807, 2.05) is 30.3 Å². The lowest BCUT2D eigenvalue weighted by Crippen LogP contribution is -2.09. The molecule has 0 radical (unpaired) electrons. The van der Waals surface area contributed by atoms with Gasteiger partial charge in [0.15, 0.2) is 0 Å². The Balaban J connectivity index is 2.04. The van der Waals surface area contributed by atoms with Crippen LogP contribution in [-0.4, -0.2) is 10.9 Å². The summed E-state index contributed by atoms with van der Waals surface area (Å²) in [7, 11) is 0. The molecule has 1 N–H and O–H groups in total. The maximum atomic E-state index is 11.6. The Labute approximate surface area is 113 Å². The number of rotatable bonds is 1. The normalized spacial score (nSPS) is 9.17. The molecule has 2 rings (SSSR count). The molecule has 4 heteroatoms. The van der Waals surface area contributed by atoms with Gasteiger partial charge in [0.1, 0.15) is 5.82 Å². The summed E-state index contributed by atoms with van der Waals surface area (Å²) in [6, 6.07) is 12.8. The van der Waals surface area contributed by atoms with Crippen LogP contribution in [0.2, 0.25) is 0 Å². The number of benzene rings is 1. The smallest absolute Gasteiger partial charge is 0.300 e. The van der Waals surface area contributed by atoms with Gasteiger partial charge in [-0.2, -0.15) is 0 Å². The SMILES string of the molecule is O=C(C#Cc1ccccc1)Nc1cc(Br)ccn1. The van der Waals surface area contributed by atoms with Crippen LogP contribution in [-0.2, 0) is 4.79 Å². The highest BCUT2D eigenvalue weighted by molar-refractivity contribution is 9.10. The minimum Gasteiger partial charge on any atom is -0.300 e. The number of hydrogen-bond acceptors (Lipinski definition) is 2. The van der Waals surface area contributed by atoms with Gasteiger partial charge in [0, 0.05) is 22.2 Å². The van der Waals surface area contributed by atoms with Crippen molar-refractivity contribution in [3.63, 3.8) is 0 Å². The summed E-state index contributed by atoms with van der Waals surface area (Å²) in [5, 5.41) is 2.60. The first kappa shape index (κ1) is 12.3. The highest BCUT2D eigenvalue weighted by Gasteiger charge is 1.99. The van der Waals surface area contributed by atoms with Crippen molar-refractivity contribution in [2.75, 3.05) is 5.32 Å². The lowest BCUT2D eigenvalue weighted by Gasteiger charge is -1.99. The number of nitrogens with zero attached hydrogens (tertiary/aromatic N) is 1. The summed E-state index contributed by atoms with van der Waals surface area (Å²) in [5.41, 5.74) is 0.801. The topological polar surface area (TPSA) is 42.0 Å². The van der Waals surface area contributed by atoms with E-state index in [2.05, 4.69) is 38.1 Å². The van der Waals surface area contributed by atoms with Crippen molar-refractivity contribution in [3.05, 3.63) is 58.7 Å². The number of pyridine rings is 1. The van der Waals surface area contributed by atoms with Gasteiger partial charge in [-0.1, -0.05) is 40.0 Å². The second-order valence-electron chi connectivity index (χ2n) is 3.43. The van der Waals surface area contributed by atoms with E-state index in [4.69, 9.17) is 0 Å². The zero-order valence-corrected chi connectivity index (χ0v) is 10.9. The molecular weight excluding hydrogens is 292 g/mol. The van der Waals surface area contributed by atoms with Gasteiger partial charge >= 0.3 is 5.91 Å². The molecule has 1 aromatic heterocycles. The van der Waals surface area contributed by atoms with Crippen LogP contribution in [0.15, 0.2) is 53.1 Å². The third-order valence-electron chi connectivity index (χ3n) is 2.06. The van der Waals surface area contributed by atoms with Gasteiger partial charge in [-0.25, -0.2) is 4.98 Å². The first-order valence-electron chi connectivity index (χ1n) is 5.23. The van der Waals surface area contributed by atoms with E-state index in [0.29, 0.717) is 5.82 Å². The average Bonchev–Trinajstić information content (AvgIpc) is 2.38. The van der Waals surface area contributed by atoms with E-state index in [0.717, 1.165) is 10.0 Å². The van der Waals surface area contributed by atoms with Crippen LogP contribution >= 0.6 is 15.9 Å². The zero-order valence-electron chi connectivity index (χ0n) is 9.35. The number of carbonyl (C=O) groups excluding carboxylic acids is 1. The fourth-order valence-electron chi connectivity index (χ4n) is 1.27. The molecular formula is C14H9BrN2O. The largest absolute Gasteiger partial charge is 0.301 e. The van der Waals surface area contributed by atoms with Gasteiger partial charge in [-0.15, -0.1) is 0 Å². The van der Waals surface area contributed by atoms with Crippen LogP contribution in [0.5, 0.6) is 0 Å². The van der Waals surface area contributed by atoms with Crippen molar-refractivity contribution in [3.8, 4) is 11.8 Å². The number of nitrogens with one attached hydrogen (secondary N) is 1. The lowest BCUT2D eigenvalue weighted by molar-refractivity contribution is -0.111. The molecule has 2 aromatic rings. The molecule has 0 bridgehead atoms. The molecule has 18 heavy (non-hydrogen) atoms. The van der Waals surface area contributed by atoms with Crippen LogP contribution in [0.3, 0.4) is 0 Å². The second-order valence-corrected chi connectivity index (χ2v) is 4.35. The molecule has 0 aliphatic carbocycles. The van der Waals surface area contributed by atoms with Gasteiger partial charge < -0.3 is 0 Å².